The van der Waals surface area contributed by atoms with Gasteiger partial charge < -0.3 is 9.84 Å². The van der Waals surface area contributed by atoms with Crippen molar-refractivity contribution in [3.8, 4) is 0 Å². The summed E-state index contributed by atoms with van der Waals surface area (Å²) >= 11 is 0. The van der Waals surface area contributed by atoms with Gasteiger partial charge in [-0.1, -0.05) is 0 Å². The molecule has 1 atom stereocenters. The smallest absolute Gasteiger partial charge is 0.240 e. The maximum Gasteiger partial charge on any atom is 0.240 e. The van der Waals surface area contributed by atoms with Crippen LogP contribution in [0.4, 0.5) is 0 Å². The van der Waals surface area contributed by atoms with E-state index in [9.17, 15) is 4.79 Å². The summed E-state index contributed by atoms with van der Waals surface area (Å²) in [5, 5.41) is 8.84. The summed E-state index contributed by atoms with van der Waals surface area (Å²) in [7, 11) is 0. The Morgan fingerprint density at radius 1 is 1.67 bits per heavy atom. The average molecular weight is 128 g/mol. The van der Waals surface area contributed by atoms with E-state index in [4.69, 9.17) is 9.84 Å². The zero-order chi connectivity index (χ0) is 7.02. The Labute approximate surface area is 52.9 Å². The Morgan fingerprint density at radius 2 is 2.22 bits per heavy atom. The number of aliphatic hydroxyl groups excluding tert-OH is 1. The van der Waals surface area contributed by atoms with Gasteiger partial charge >= 0.3 is 0 Å². The van der Waals surface area contributed by atoms with Gasteiger partial charge in [0.15, 0.2) is 6.10 Å². The average Bonchev–Trinajstić information content (AvgIpc) is 1.98. The predicted molar refractivity (Wildman–Crippen MR) is 30.9 cm³/mol. The van der Waals surface area contributed by atoms with E-state index in [2.05, 4.69) is 0 Å². The molecule has 1 aliphatic heterocycles. The molecule has 50 valence electrons. The molecular weight excluding hydrogens is 120 g/mol. The van der Waals surface area contributed by atoms with Crippen LogP contribution in [-0.2, 0) is 9.53 Å². The van der Waals surface area contributed by atoms with Gasteiger partial charge in [-0.3, -0.25) is 4.79 Å². The van der Waals surface area contributed by atoms with E-state index < -0.39 is 6.10 Å². The van der Waals surface area contributed by atoms with Gasteiger partial charge in [-0.2, -0.15) is 0 Å². The van der Waals surface area contributed by atoms with E-state index in [1.165, 1.54) is 0 Å². The normalized spacial score (nSPS) is 26.9. The van der Waals surface area contributed by atoms with E-state index in [0.717, 1.165) is 0 Å². The molecule has 0 bridgehead atoms. The van der Waals surface area contributed by atoms with Gasteiger partial charge in [0.25, 0.3) is 0 Å². The quantitative estimate of drug-likeness (QED) is 0.524. The third kappa shape index (κ3) is 0.781. The van der Waals surface area contributed by atoms with Crippen LogP contribution >= 0.6 is 0 Å². The summed E-state index contributed by atoms with van der Waals surface area (Å²) in [4.78, 5) is 10.7. The number of carbonyl (C=O) groups excluding carboxylic acids is 1. The lowest BCUT2D eigenvalue weighted by atomic mass is 10.2. The molecule has 0 radical (unpaired) electrons. The number of carbonyl (C=O) groups is 1. The maximum atomic E-state index is 10.7. The monoisotopic (exact) mass is 128 g/mol. The molecule has 0 spiro atoms. The fraction of sp³-hybridized carbons (Fsp3) is 0.500. The fourth-order valence-electron chi connectivity index (χ4n) is 0.741. The summed E-state index contributed by atoms with van der Waals surface area (Å²) in [5.74, 6) is -0.234. The summed E-state index contributed by atoms with van der Waals surface area (Å²) in [5.41, 5.74) is 0. The molecule has 1 rings (SSSR count). The second-order valence-electron chi connectivity index (χ2n) is 2.03. The van der Waals surface area contributed by atoms with Gasteiger partial charge in [0.2, 0.25) is 11.5 Å². The fourth-order valence-corrected chi connectivity index (χ4v) is 0.741. The third-order valence-corrected chi connectivity index (χ3v) is 1.29. The molecule has 1 aliphatic rings. The predicted octanol–water partition coefficient (Wildman–Crippen LogP) is 0.764. The summed E-state index contributed by atoms with van der Waals surface area (Å²) < 4.78 is 4.87. The zero-order valence-corrected chi connectivity index (χ0v) is 5.34. The van der Waals surface area contributed by atoms with Crippen molar-refractivity contribution in [3.05, 3.63) is 11.5 Å². The minimum atomic E-state index is -0.495. The van der Waals surface area contributed by atoms with Crippen LogP contribution in [0.3, 0.4) is 0 Å². The highest BCUT2D eigenvalue weighted by Crippen LogP contribution is 2.17. The molecule has 3 nitrogen and oxygen atoms in total. The van der Waals surface area contributed by atoms with Gasteiger partial charge in [-0.15, -0.1) is 0 Å². The molecule has 1 heterocycles. The summed E-state index contributed by atoms with van der Waals surface area (Å²) in [6, 6.07) is 0. The molecule has 0 aromatic rings. The number of Topliss-reactive ketones (excluding diaryl/α,β-unsaturated/α-hetero) is 1. The van der Waals surface area contributed by atoms with Gasteiger partial charge in [0, 0.05) is 0 Å². The summed E-state index contributed by atoms with van der Waals surface area (Å²) in [6.45, 7) is 3.17. The van der Waals surface area contributed by atoms with Crippen LogP contribution in [0.25, 0.3) is 0 Å². The van der Waals surface area contributed by atoms with Crippen molar-refractivity contribution in [1.29, 1.82) is 0 Å². The molecule has 0 aromatic heterocycles. The van der Waals surface area contributed by atoms with Crippen LogP contribution in [0.1, 0.15) is 13.8 Å². The van der Waals surface area contributed by atoms with Crippen molar-refractivity contribution in [2.45, 2.75) is 20.0 Å². The highest BCUT2D eigenvalue weighted by Gasteiger charge is 2.28. The zero-order valence-electron chi connectivity index (χ0n) is 5.34. The molecule has 3 heteroatoms. The lowest BCUT2D eigenvalue weighted by molar-refractivity contribution is -0.122. The molecule has 9 heavy (non-hydrogen) atoms. The Bertz CT molecular complexity index is 181. The topological polar surface area (TPSA) is 46.5 Å². The van der Waals surface area contributed by atoms with Crippen molar-refractivity contribution in [3.63, 3.8) is 0 Å². The van der Waals surface area contributed by atoms with E-state index in [0.29, 0.717) is 5.76 Å². The molecule has 0 saturated carbocycles. The van der Waals surface area contributed by atoms with Crippen molar-refractivity contribution in [1.82, 2.24) is 0 Å². The van der Waals surface area contributed by atoms with Crippen molar-refractivity contribution < 1.29 is 14.6 Å². The first-order chi connectivity index (χ1) is 4.13. The first-order valence-corrected chi connectivity index (χ1v) is 2.73. The Morgan fingerprint density at radius 3 is 2.33 bits per heavy atom. The van der Waals surface area contributed by atoms with Gasteiger partial charge in [0.1, 0.15) is 5.76 Å². The second-order valence-corrected chi connectivity index (χ2v) is 2.03. The lowest BCUT2D eigenvalue weighted by Gasteiger charge is -1.99. The van der Waals surface area contributed by atoms with Crippen molar-refractivity contribution in [2.24, 2.45) is 0 Å². The lowest BCUT2D eigenvalue weighted by Crippen LogP contribution is -2.12. The minimum absolute atomic E-state index is 0.234. The first kappa shape index (κ1) is 6.13. The standard InChI is InChI=1S/C6H8O3/c1-3-5(7)6(8)4(2)9-3/h3,8H,1-2H3/t3-/m0/s1. The molecular formula is C6H8O3. The number of aliphatic hydroxyl groups is 1. The molecule has 0 aromatic carbocycles. The number of allylic oxidation sites excluding steroid dienone is 1. The van der Waals surface area contributed by atoms with Crippen LogP contribution in [0.15, 0.2) is 11.5 Å². The van der Waals surface area contributed by atoms with Crippen LogP contribution in [0, 0.1) is 0 Å². The third-order valence-electron chi connectivity index (χ3n) is 1.29. The highest BCUT2D eigenvalue weighted by molar-refractivity contribution is 5.98. The Kier molecular flexibility index (Phi) is 1.20. The summed E-state index contributed by atoms with van der Waals surface area (Å²) in [6.07, 6.45) is -0.495. The van der Waals surface area contributed by atoms with E-state index in [1.807, 2.05) is 0 Å². The molecule has 0 amide bonds. The van der Waals surface area contributed by atoms with Gasteiger partial charge in [-0.05, 0) is 13.8 Å². The van der Waals surface area contributed by atoms with Crippen LogP contribution in [-0.4, -0.2) is 17.0 Å². The number of hydrogen-bond acceptors (Lipinski definition) is 3. The molecule has 0 fully saturated rings. The van der Waals surface area contributed by atoms with Crippen LogP contribution in [0.2, 0.25) is 0 Å². The molecule has 0 aliphatic carbocycles. The largest absolute Gasteiger partial charge is 0.502 e. The number of hydrogen-bond donors (Lipinski definition) is 1. The van der Waals surface area contributed by atoms with Crippen molar-refractivity contribution >= 4 is 5.78 Å². The first-order valence-electron chi connectivity index (χ1n) is 2.73. The SMILES string of the molecule is CC1=C(O)C(=O)[C@H](C)O1. The number of ketones is 1. The van der Waals surface area contributed by atoms with Crippen molar-refractivity contribution in [2.75, 3.05) is 0 Å². The number of rotatable bonds is 0. The van der Waals surface area contributed by atoms with Crippen LogP contribution < -0.4 is 0 Å². The molecule has 0 saturated heterocycles. The van der Waals surface area contributed by atoms with Crippen LogP contribution in [0.5, 0.6) is 0 Å². The number of ether oxygens (including phenoxy) is 1. The van der Waals surface area contributed by atoms with Gasteiger partial charge in [0.05, 0.1) is 0 Å². The minimum Gasteiger partial charge on any atom is -0.502 e. The Hall–Kier alpha value is -0.990. The maximum absolute atomic E-state index is 10.7. The molecule has 1 N–H and O–H groups in total. The van der Waals surface area contributed by atoms with E-state index in [1.54, 1.807) is 13.8 Å². The Balaban J connectivity index is 2.87. The second kappa shape index (κ2) is 1.76. The molecule has 0 unspecified atom stereocenters. The van der Waals surface area contributed by atoms with E-state index >= 15 is 0 Å². The highest BCUT2D eigenvalue weighted by atomic mass is 16.5. The van der Waals surface area contributed by atoms with Gasteiger partial charge in [-0.25, -0.2) is 0 Å². The van der Waals surface area contributed by atoms with E-state index in [-0.39, 0.29) is 11.5 Å².